The van der Waals surface area contributed by atoms with Crippen LogP contribution in [0.15, 0.2) is 65.8 Å². The van der Waals surface area contributed by atoms with E-state index in [-0.39, 0.29) is 12.3 Å². The van der Waals surface area contributed by atoms with E-state index in [9.17, 15) is 19.8 Å². The first kappa shape index (κ1) is 21.3. The van der Waals surface area contributed by atoms with Crippen molar-refractivity contribution in [1.82, 2.24) is 5.01 Å². The normalized spacial score (nSPS) is 19.5. The fourth-order valence-electron chi connectivity index (χ4n) is 3.80. The number of carboxylic acids is 2. The lowest BCUT2D eigenvalue weighted by molar-refractivity contribution is -0.153. The number of hydrogen-bond acceptors (Lipinski definition) is 6. The van der Waals surface area contributed by atoms with Crippen LogP contribution in [-0.2, 0) is 9.59 Å². The van der Waals surface area contributed by atoms with Gasteiger partial charge in [-0.15, -0.1) is 5.10 Å². The predicted molar refractivity (Wildman–Crippen MR) is 115 cm³/mol. The van der Waals surface area contributed by atoms with Crippen LogP contribution in [-0.4, -0.2) is 45.2 Å². The number of aliphatic carboxylic acids is 2. The van der Waals surface area contributed by atoms with Crippen LogP contribution in [0.3, 0.4) is 0 Å². The highest BCUT2D eigenvalue weighted by Gasteiger charge is 2.56. The summed E-state index contributed by atoms with van der Waals surface area (Å²) in [4.78, 5) is 25.1. The number of carboxylic acid groups (broad SMARTS) is 2. The van der Waals surface area contributed by atoms with Gasteiger partial charge in [-0.1, -0.05) is 56.7 Å². The zero-order valence-corrected chi connectivity index (χ0v) is 17.1. The van der Waals surface area contributed by atoms with E-state index >= 15 is 0 Å². The summed E-state index contributed by atoms with van der Waals surface area (Å²) in [7, 11) is 0. The molecule has 0 fully saturated rings. The maximum absolute atomic E-state index is 12.9. The number of para-hydroxylation sites is 2. The van der Waals surface area contributed by atoms with Gasteiger partial charge in [0.15, 0.2) is 0 Å². The van der Waals surface area contributed by atoms with Gasteiger partial charge in [0.25, 0.3) is 5.84 Å². The smallest absolute Gasteiger partial charge is 0.375 e. The molecule has 1 aliphatic rings. The van der Waals surface area contributed by atoms with Gasteiger partial charge < -0.3 is 10.2 Å². The van der Waals surface area contributed by atoms with E-state index in [1.165, 1.54) is 10.0 Å². The second-order valence-corrected chi connectivity index (χ2v) is 7.02. The lowest BCUT2D eigenvalue weighted by Gasteiger charge is -2.53. The lowest BCUT2D eigenvalue weighted by Crippen LogP contribution is -2.74. The quantitative estimate of drug-likeness (QED) is 0.686. The van der Waals surface area contributed by atoms with E-state index in [1.54, 1.807) is 53.5 Å². The van der Waals surface area contributed by atoms with Gasteiger partial charge in [-0.05, 0) is 37.1 Å². The Labute approximate surface area is 175 Å². The number of amidine groups is 1. The fraction of sp³-hybridized carbons (Fsp3) is 0.318. The van der Waals surface area contributed by atoms with Gasteiger partial charge in [-0.2, -0.15) is 5.01 Å². The van der Waals surface area contributed by atoms with Crippen LogP contribution in [0.1, 0.15) is 33.1 Å². The second-order valence-electron chi connectivity index (χ2n) is 7.02. The average molecular weight is 410 g/mol. The van der Waals surface area contributed by atoms with E-state index in [1.807, 2.05) is 26.0 Å². The standard InChI is InChI=1S/C22H26N4O4/c1-3-15-22(21(29)30)24(16-4-2)25(17-11-7-5-8-12-17)19(20(27)28)23-26(22)18-13-9-6-10-14-18/h5-14H,3-4,15-16H2,1-2H3,(H,27,28)(H,29,30). The summed E-state index contributed by atoms with van der Waals surface area (Å²) in [5.41, 5.74) is -0.525. The molecule has 0 saturated heterocycles. The summed E-state index contributed by atoms with van der Waals surface area (Å²) < 4.78 is 0. The van der Waals surface area contributed by atoms with Gasteiger partial charge in [0, 0.05) is 6.54 Å². The van der Waals surface area contributed by atoms with Crippen molar-refractivity contribution in [3.05, 3.63) is 60.7 Å². The molecule has 0 aromatic heterocycles. The van der Waals surface area contributed by atoms with Crippen molar-refractivity contribution in [2.45, 2.75) is 38.8 Å². The van der Waals surface area contributed by atoms with Crippen LogP contribution in [0.25, 0.3) is 0 Å². The van der Waals surface area contributed by atoms with Crippen LogP contribution in [0, 0.1) is 0 Å². The van der Waals surface area contributed by atoms with Crippen LogP contribution < -0.4 is 10.0 Å². The zero-order valence-electron chi connectivity index (χ0n) is 17.1. The molecule has 0 bridgehead atoms. The molecule has 158 valence electrons. The van der Waals surface area contributed by atoms with E-state index in [4.69, 9.17) is 0 Å². The number of hydrazine groups is 1. The van der Waals surface area contributed by atoms with E-state index in [2.05, 4.69) is 5.10 Å². The Morgan fingerprint density at radius 2 is 1.47 bits per heavy atom. The van der Waals surface area contributed by atoms with Crippen LogP contribution >= 0.6 is 0 Å². The van der Waals surface area contributed by atoms with Gasteiger partial charge >= 0.3 is 11.9 Å². The summed E-state index contributed by atoms with van der Waals surface area (Å²) in [5.74, 6) is -2.58. The first-order valence-corrected chi connectivity index (χ1v) is 10.0. The third-order valence-corrected chi connectivity index (χ3v) is 4.98. The highest BCUT2D eigenvalue weighted by Crippen LogP contribution is 2.38. The monoisotopic (exact) mass is 410 g/mol. The van der Waals surface area contributed by atoms with Crippen LogP contribution in [0.4, 0.5) is 11.4 Å². The largest absolute Gasteiger partial charge is 0.478 e. The third-order valence-electron chi connectivity index (χ3n) is 4.98. The molecular formula is C22H26N4O4. The number of nitrogens with zero attached hydrogens (tertiary/aromatic N) is 4. The Bertz CT molecular complexity index is 919. The molecule has 0 spiro atoms. The number of hydrazone groups is 1. The van der Waals surface area contributed by atoms with Gasteiger partial charge in [-0.25, -0.2) is 19.6 Å². The third kappa shape index (κ3) is 3.61. The van der Waals surface area contributed by atoms with Gasteiger partial charge in [-0.3, -0.25) is 0 Å². The minimum Gasteiger partial charge on any atom is -0.478 e. The minimum absolute atomic E-state index is 0.247. The molecule has 2 aromatic carbocycles. The fourth-order valence-corrected chi connectivity index (χ4v) is 3.80. The van der Waals surface area contributed by atoms with E-state index in [0.717, 1.165) is 0 Å². The highest BCUT2D eigenvalue weighted by atomic mass is 16.4. The lowest BCUT2D eigenvalue weighted by atomic mass is 10.00. The number of hydrogen-bond donors (Lipinski definition) is 2. The topological polar surface area (TPSA) is 96.7 Å². The van der Waals surface area contributed by atoms with Crippen molar-refractivity contribution < 1.29 is 19.8 Å². The number of anilines is 2. The molecule has 0 radical (unpaired) electrons. The van der Waals surface area contributed by atoms with Crippen molar-refractivity contribution in [3.63, 3.8) is 0 Å². The molecule has 30 heavy (non-hydrogen) atoms. The summed E-state index contributed by atoms with van der Waals surface area (Å²) >= 11 is 0. The molecule has 3 rings (SSSR count). The molecule has 0 saturated carbocycles. The molecule has 1 aliphatic heterocycles. The number of benzene rings is 2. The van der Waals surface area contributed by atoms with Crippen molar-refractivity contribution in [3.8, 4) is 0 Å². The SMILES string of the molecule is CCCN1N(c2ccccc2)C(C(=O)O)=NN(c2ccccc2)C1(CCC)C(=O)O. The Balaban J connectivity index is 2.35. The molecular weight excluding hydrogens is 384 g/mol. The molecule has 8 heteroatoms. The summed E-state index contributed by atoms with van der Waals surface area (Å²) in [6, 6.07) is 17.7. The Kier molecular flexibility index (Phi) is 6.37. The van der Waals surface area contributed by atoms with Crippen molar-refractivity contribution in [2.75, 3.05) is 16.6 Å². The molecule has 0 aliphatic carbocycles. The van der Waals surface area contributed by atoms with Gasteiger partial charge in [0.1, 0.15) is 0 Å². The summed E-state index contributed by atoms with van der Waals surface area (Å²) in [6.45, 7) is 4.17. The first-order valence-electron chi connectivity index (χ1n) is 10.0. The van der Waals surface area contributed by atoms with Crippen LogP contribution in [0.5, 0.6) is 0 Å². The Hall–Kier alpha value is -3.39. The second kappa shape index (κ2) is 8.96. The van der Waals surface area contributed by atoms with Crippen molar-refractivity contribution >= 4 is 29.1 Å². The molecule has 2 N–H and O–H groups in total. The number of carbonyl (C=O) groups is 2. The predicted octanol–water partition coefficient (Wildman–Crippen LogP) is 3.62. The van der Waals surface area contributed by atoms with Crippen LogP contribution in [0.2, 0.25) is 0 Å². The first-order chi connectivity index (χ1) is 14.5. The highest BCUT2D eigenvalue weighted by molar-refractivity contribution is 6.40. The van der Waals surface area contributed by atoms with Gasteiger partial charge in [0.05, 0.1) is 11.4 Å². The van der Waals surface area contributed by atoms with Crippen molar-refractivity contribution in [2.24, 2.45) is 5.10 Å². The average Bonchev–Trinajstić information content (AvgIpc) is 2.75. The Morgan fingerprint density at radius 1 is 0.900 bits per heavy atom. The minimum atomic E-state index is -1.58. The zero-order chi connectivity index (χ0) is 21.7. The maximum Gasteiger partial charge on any atom is 0.375 e. The molecule has 2 aromatic rings. The van der Waals surface area contributed by atoms with E-state index in [0.29, 0.717) is 30.8 Å². The molecule has 8 nitrogen and oxygen atoms in total. The van der Waals surface area contributed by atoms with E-state index < -0.39 is 17.6 Å². The number of rotatable bonds is 8. The van der Waals surface area contributed by atoms with Crippen molar-refractivity contribution in [1.29, 1.82) is 0 Å². The van der Waals surface area contributed by atoms with Gasteiger partial charge in [0.2, 0.25) is 5.66 Å². The maximum atomic E-state index is 12.9. The Morgan fingerprint density at radius 3 is 1.93 bits per heavy atom. The molecule has 0 amide bonds. The summed E-state index contributed by atoms with van der Waals surface area (Å²) in [5, 5.41) is 29.3. The molecule has 1 unspecified atom stereocenters. The molecule has 1 heterocycles. The molecule has 1 atom stereocenters. The summed E-state index contributed by atoms with van der Waals surface area (Å²) in [6.07, 6.45) is 1.44.